The molecule has 2 aromatic rings. The summed E-state index contributed by atoms with van der Waals surface area (Å²) in [7, 11) is 2.74. The van der Waals surface area contributed by atoms with Crippen LogP contribution < -0.4 is 0 Å². The van der Waals surface area contributed by atoms with Gasteiger partial charge in [0.25, 0.3) is 0 Å². The van der Waals surface area contributed by atoms with Gasteiger partial charge in [-0.25, -0.2) is 4.79 Å². The van der Waals surface area contributed by atoms with Crippen molar-refractivity contribution >= 4 is 23.1 Å². The average Bonchev–Trinajstić information content (AvgIpc) is 2.59. The van der Waals surface area contributed by atoms with E-state index in [0.717, 1.165) is 0 Å². The van der Waals surface area contributed by atoms with Crippen molar-refractivity contribution in [1.82, 2.24) is 0 Å². The van der Waals surface area contributed by atoms with Crippen LogP contribution in [0.15, 0.2) is 54.8 Å². The molecule has 0 aliphatic rings. The Bertz CT molecular complexity index is 748. The van der Waals surface area contributed by atoms with Gasteiger partial charge < -0.3 is 14.6 Å². The standard InChI is InChI=1S/C19H19ClO4/c1-19(22,13-8-10-14(20)11-9-13)17-7-5-4-6-15(17)16(12-23-2)18(21)24-3/h4-12,22H,1-3H3/b16-12+. The van der Waals surface area contributed by atoms with Gasteiger partial charge in [0.05, 0.1) is 20.5 Å². The fraction of sp³-hybridized carbons (Fsp3) is 0.211. The molecule has 1 atom stereocenters. The van der Waals surface area contributed by atoms with Crippen LogP contribution in [-0.4, -0.2) is 25.3 Å². The van der Waals surface area contributed by atoms with Crippen molar-refractivity contribution in [3.05, 3.63) is 76.5 Å². The number of benzene rings is 2. The molecule has 5 heteroatoms. The Kier molecular flexibility index (Phi) is 5.65. The molecule has 0 fully saturated rings. The molecular formula is C19H19ClO4. The summed E-state index contributed by atoms with van der Waals surface area (Å²) in [6, 6.07) is 14.0. The third-order valence-electron chi connectivity index (χ3n) is 3.79. The second-order valence-corrected chi connectivity index (χ2v) is 5.82. The molecule has 1 unspecified atom stereocenters. The minimum Gasteiger partial charge on any atom is -0.503 e. The summed E-state index contributed by atoms with van der Waals surface area (Å²) in [6.07, 6.45) is 1.31. The van der Waals surface area contributed by atoms with Gasteiger partial charge in [-0.05, 0) is 35.7 Å². The predicted octanol–water partition coefficient (Wildman–Crippen LogP) is 3.76. The largest absolute Gasteiger partial charge is 0.503 e. The summed E-state index contributed by atoms with van der Waals surface area (Å²) >= 11 is 5.92. The summed E-state index contributed by atoms with van der Waals surface area (Å²) in [5.74, 6) is -0.545. The first-order valence-electron chi connectivity index (χ1n) is 7.31. The monoisotopic (exact) mass is 346 g/mol. The van der Waals surface area contributed by atoms with E-state index in [4.69, 9.17) is 21.1 Å². The second-order valence-electron chi connectivity index (χ2n) is 5.38. The number of methoxy groups -OCH3 is 2. The van der Waals surface area contributed by atoms with Gasteiger partial charge in [0.15, 0.2) is 0 Å². The number of hydrogen-bond donors (Lipinski definition) is 1. The molecule has 0 spiro atoms. The van der Waals surface area contributed by atoms with Crippen LogP contribution in [0.5, 0.6) is 0 Å². The van der Waals surface area contributed by atoms with E-state index in [0.29, 0.717) is 21.7 Å². The topological polar surface area (TPSA) is 55.8 Å². The highest BCUT2D eigenvalue weighted by atomic mass is 35.5. The maximum absolute atomic E-state index is 12.1. The van der Waals surface area contributed by atoms with Crippen molar-refractivity contribution in [2.45, 2.75) is 12.5 Å². The van der Waals surface area contributed by atoms with Gasteiger partial charge in [-0.1, -0.05) is 48.0 Å². The Hall–Kier alpha value is -2.30. The second kappa shape index (κ2) is 7.51. The third-order valence-corrected chi connectivity index (χ3v) is 4.04. The van der Waals surface area contributed by atoms with Gasteiger partial charge in [-0.2, -0.15) is 0 Å². The lowest BCUT2D eigenvalue weighted by atomic mass is 9.83. The molecule has 126 valence electrons. The number of carbonyl (C=O) groups is 1. The third kappa shape index (κ3) is 3.61. The quantitative estimate of drug-likeness (QED) is 0.509. The number of hydrogen-bond acceptors (Lipinski definition) is 4. The minimum absolute atomic E-state index is 0.227. The zero-order valence-electron chi connectivity index (χ0n) is 13.7. The Balaban J connectivity index is 2.61. The smallest absolute Gasteiger partial charge is 0.341 e. The lowest BCUT2D eigenvalue weighted by molar-refractivity contribution is -0.133. The van der Waals surface area contributed by atoms with Crippen LogP contribution >= 0.6 is 11.6 Å². The van der Waals surface area contributed by atoms with Gasteiger partial charge >= 0.3 is 5.97 Å². The molecule has 0 saturated heterocycles. The lowest BCUT2D eigenvalue weighted by Gasteiger charge is -2.27. The summed E-state index contributed by atoms with van der Waals surface area (Å²) < 4.78 is 9.83. The fourth-order valence-electron chi connectivity index (χ4n) is 2.52. The summed E-state index contributed by atoms with van der Waals surface area (Å²) in [5.41, 5.74) is 0.639. The zero-order valence-corrected chi connectivity index (χ0v) is 14.5. The highest BCUT2D eigenvalue weighted by Crippen LogP contribution is 2.35. The van der Waals surface area contributed by atoms with Gasteiger partial charge in [0.1, 0.15) is 11.2 Å². The first kappa shape index (κ1) is 18.0. The Morgan fingerprint density at radius 2 is 1.75 bits per heavy atom. The van der Waals surface area contributed by atoms with Crippen LogP contribution in [0.1, 0.15) is 23.6 Å². The molecule has 2 aromatic carbocycles. The van der Waals surface area contributed by atoms with E-state index in [9.17, 15) is 9.90 Å². The number of ether oxygens (including phenoxy) is 2. The van der Waals surface area contributed by atoms with E-state index in [1.807, 2.05) is 0 Å². The van der Waals surface area contributed by atoms with Crippen LogP contribution in [0.4, 0.5) is 0 Å². The van der Waals surface area contributed by atoms with E-state index in [-0.39, 0.29) is 5.57 Å². The molecule has 2 rings (SSSR count). The van der Waals surface area contributed by atoms with Crippen LogP contribution in [-0.2, 0) is 19.9 Å². The molecule has 0 aliphatic heterocycles. The van der Waals surface area contributed by atoms with Gasteiger partial charge in [0.2, 0.25) is 0 Å². The number of esters is 1. The van der Waals surface area contributed by atoms with Gasteiger partial charge in [-0.3, -0.25) is 0 Å². The highest BCUT2D eigenvalue weighted by molar-refractivity contribution is 6.30. The molecule has 0 radical (unpaired) electrons. The summed E-state index contributed by atoms with van der Waals surface area (Å²) in [5, 5.41) is 11.7. The normalized spacial score (nSPS) is 14.0. The van der Waals surface area contributed by atoms with E-state index >= 15 is 0 Å². The maximum Gasteiger partial charge on any atom is 0.341 e. The van der Waals surface area contributed by atoms with E-state index in [1.54, 1.807) is 55.5 Å². The summed E-state index contributed by atoms with van der Waals surface area (Å²) in [6.45, 7) is 1.66. The van der Waals surface area contributed by atoms with E-state index in [2.05, 4.69) is 0 Å². The van der Waals surface area contributed by atoms with Crippen molar-refractivity contribution in [2.24, 2.45) is 0 Å². The van der Waals surface area contributed by atoms with E-state index < -0.39 is 11.6 Å². The number of rotatable bonds is 5. The zero-order chi connectivity index (χ0) is 17.7. The van der Waals surface area contributed by atoms with Crippen molar-refractivity contribution in [1.29, 1.82) is 0 Å². The molecule has 0 saturated carbocycles. The minimum atomic E-state index is -1.33. The predicted molar refractivity (Wildman–Crippen MR) is 93.6 cm³/mol. The maximum atomic E-state index is 12.1. The van der Waals surface area contributed by atoms with Crippen LogP contribution in [0, 0.1) is 0 Å². The molecule has 4 nitrogen and oxygen atoms in total. The Morgan fingerprint density at radius 3 is 2.33 bits per heavy atom. The van der Waals surface area contributed by atoms with Crippen molar-refractivity contribution in [2.75, 3.05) is 14.2 Å². The molecule has 0 heterocycles. The van der Waals surface area contributed by atoms with E-state index in [1.165, 1.54) is 20.5 Å². The first-order valence-corrected chi connectivity index (χ1v) is 7.69. The van der Waals surface area contributed by atoms with Crippen LogP contribution in [0.3, 0.4) is 0 Å². The van der Waals surface area contributed by atoms with Crippen molar-refractivity contribution in [3.63, 3.8) is 0 Å². The molecular weight excluding hydrogens is 328 g/mol. The molecule has 24 heavy (non-hydrogen) atoms. The van der Waals surface area contributed by atoms with Gasteiger partial charge in [0, 0.05) is 5.02 Å². The Labute approximate surface area is 146 Å². The fourth-order valence-corrected chi connectivity index (χ4v) is 2.65. The number of carbonyl (C=O) groups excluding carboxylic acids is 1. The average molecular weight is 347 g/mol. The number of aliphatic hydroxyl groups is 1. The molecule has 0 aromatic heterocycles. The SMILES string of the molecule is CO/C=C(/C(=O)OC)c1ccccc1C(C)(O)c1ccc(Cl)cc1. The lowest BCUT2D eigenvalue weighted by Crippen LogP contribution is -2.25. The van der Waals surface area contributed by atoms with Crippen molar-refractivity contribution < 1.29 is 19.4 Å². The molecule has 0 amide bonds. The Morgan fingerprint density at radius 1 is 1.12 bits per heavy atom. The highest BCUT2D eigenvalue weighted by Gasteiger charge is 2.30. The molecule has 1 N–H and O–H groups in total. The molecule has 0 bridgehead atoms. The van der Waals surface area contributed by atoms with Gasteiger partial charge in [-0.15, -0.1) is 0 Å². The van der Waals surface area contributed by atoms with Crippen molar-refractivity contribution in [3.8, 4) is 0 Å². The summed E-state index contributed by atoms with van der Waals surface area (Å²) in [4.78, 5) is 12.1. The molecule has 0 aliphatic carbocycles. The first-order chi connectivity index (χ1) is 11.4. The number of halogens is 1. The van der Waals surface area contributed by atoms with Crippen LogP contribution in [0.2, 0.25) is 5.02 Å². The van der Waals surface area contributed by atoms with Crippen LogP contribution in [0.25, 0.3) is 5.57 Å².